The van der Waals surface area contributed by atoms with Gasteiger partial charge in [-0.05, 0) is 5.56 Å². The SMILES string of the molecule is c1ccc(-c2cnc(C3CNC3)[nH]2)cc1. The van der Waals surface area contributed by atoms with Crippen LogP contribution in [0.4, 0.5) is 0 Å². The summed E-state index contributed by atoms with van der Waals surface area (Å²) in [4.78, 5) is 7.80. The van der Waals surface area contributed by atoms with Gasteiger partial charge in [-0.25, -0.2) is 4.98 Å². The Morgan fingerprint density at radius 1 is 1.13 bits per heavy atom. The molecular formula is C12H13N3. The van der Waals surface area contributed by atoms with Crippen LogP contribution in [0.2, 0.25) is 0 Å². The van der Waals surface area contributed by atoms with Gasteiger partial charge in [0.25, 0.3) is 0 Å². The highest BCUT2D eigenvalue weighted by molar-refractivity contribution is 5.58. The van der Waals surface area contributed by atoms with Gasteiger partial charge in [0.05, 0.1) is 11.9 Å². The summed E-state index contributed by atoms with van der Waals surface area (Å²) in [6.45, 7) is 2.09. The van der Waals surface area contributed by atoms with Crippen molar-refractivity contribution in [2.24, 2.45) is 0 Å². The Balaban J connectivity index is 1.90. The van der Waals surface area contributed by atoms with E-state index >= 15 is 0 Å². The second-order valence-electron chi connectivity index (χ2n) is 3.90. The van der Waals surface area contributed by atoms with Crippen LogP contribution in [0.3, 0.4) is 0 Å². The molecule has 2 aromatic rings. The third-order valence-corrected chi connectivity index (χ3v) is 2.85. The summed E-state index contributed by atoms with van der Waals surface area (Å²) in [7, 11) is 0. The number of H-pyrrole nitrogens is 1. The molecule has 1 aliphatic heterocycles. The number of nitrogens with zero attached hydrogens (tertiary/aromatic N) is 1. The predicted octanol–water partition coefficient (Wildman–Crippen LogP) is 1.76. The highest BCUT2D eigenvalue weighted by atomic mass is 15.0. The lowest BCUT2D eigenvalue weighted by atomic mass is 10.0. The number of imidazole rings is 1. The zero-order chi connectivity index (χ0) is 10.1. The number of aromatic amines is 1. The van der Waals surface area contributed by atoms with Crippen LogP contribution in [-0.2, 0) is 0 Å². The molecular weight excluding hydrogens is 186 g/mol. The fourth-order valence-corrected chi connectivity index (χ4v) is 1.79. The van der Waals surface area contributed by atoms with Crippen LogP contribution in [0.5, 0.6) is 0 Å². The number of benzene rings is 1. The van der Waals surface area contributed by atoms with E-state index in [4.69, 9.17) is 0 Å². The maximum atomic E-state index is 4.42. The molecule has 1 aliphatic rings. The zero-order valence-corrected chi connectivity index (χ0v) is 8.40. The molecule has 15 heavy (non-hydrogen) atoms. The number of nitrogens with one attached hydrogen (secondary N) is 2. The Kier molecular flexibility index (Phi) is 2.03. The Morgan fingerprint density at radius 3 is 2.60 bits per heavy atom. The van der Waals surface area contributed by atoms with Gasteiger partial charge in [0.15, 0.2) is 0 Å². The molecule has 0 saturated carbocycles. The number of hydrogen-bond acceptors (Lipinski definition) is 2. The van der Waals surface area contributed by atoms with Crippen LogP contribution in [0.15, 0.2) is 36.5 Å². The molecule has 0 radical (unpaired) electrons. The van der Waals surface area contributed by atoms with Gasteiger partial charge in [0.1, 0.15) is 5.82 Å². The molecule has 1 saturated heterocycles. The van der Waals surface area contributed by atoms with Crippen LogP contribution in [0.1, 0.15) is 11.7 Å². The summed E-state index contributed by atoms with van der Waals surface area (Å²) < 4.78 is 0. The molecule has 3 rings (SSSR count). The average molecular weight is 199 g/mol. The van der Waals surface area contributed by atoms with Crippen LogP contribution in [-0.4, -0.2) is 23.1 Å². The minimum atomic E-state index is 0.572. The highest BCUT2D eigenvalue weighted by Crippen LogP contribution is 2.21. The smallest absolute Gasteiger partial charge is 0.112 e. The van der Waals surface area contributed by atoms with Crippen molar-refractivity contribution in [2.45, 2.75) is 5.92 Å². The Morgan fingerprint density at radius 2 is 1.93 bits per heavy atom. The molecule has 1 fully saturated rings. The number of aromatic nitrogens is 2. The van der Waals surface area contributed by atoms with Crippen molar-refractivity contribution < 1.29 is 0 Å². The fraction of sp³-hybridized carbons (Fsp3) is 0.250. The third kappa shape index (κ3) is 1.55. The van der Waals surface area contributed by atoms with Gasteiger partial charge in [0.2, 0.25) is 0 Å². The molecule has 2 heterocycles. The second kappa shape index (κ2) is 3.51. The van der Waals surface area contributed by atoms with Gasteiger partial charge in [-0.2, -0.15) is 0 Å². The van der Waals surface area contributed by atoms with Gasteiger partial charge in [-0.3, -0.25) is 0 Å². The molecule has 0 unspecified atom stereocenters. The van der Waals surface area contributed by atoms with Crippen molar-refractivity contribution in [1.29, 1.82) is 0 Å². The first kappa shape index (κ1) is 8.68. The Bertz CT molecular complexity index is 443. The quantitative estimate of drug-likeness (QED) is 0.773. The normalized spacial score (nSPS) is 16.3. The van der Waals surface area contributed by atoms with E-state index in [1.165, 1.54) is 5.56 Å². The third-order valence-electron chi connectivity index (χ3n) is 2.85. The molecule has 3 nitrogen and oxygen atoms in total. The lowest BCUT2D eigenvalue weighted by Crippen LogP contribution is -2.40. The molecule has 0 atom stereocenters. The number of rotatable bonds is 2. The molecule has 3 heteroatoms. The average Bonchev–Trinajstić information content (AvgIpc) is 2.66. The van der Waals surface area contributed by atoms with Crippen LogP contribution >= 0.6 is 0 Å². The van der Waals surface area contributed by atoms with E-state index in [0.29, 0.717) is 5.92 Å². The second-order valence-corrected chi connectivity index (χ2v) is 3.90. The minimum absolute atomic E-state index is 0.572. The summed E-state index contributed by atoms with van der Waals surface area (Å²) in [6.07, 6.45) is 1.92. The van der Waals surface area contributed by atoms with E-state index < -0.39 is 0 Å². The van der Waals surface area contributed by atoms with Gasteiger partial charge < -0.3 is 10.3 Å². The molecule has 0 aliphatic carbocycles. The zero-order valence-electron chi connectivity index (χ0n) is 8.40. The first-order chi connectivity index (χ1) is 7.43. The van der Waals surface area contributed by atoms with Crippen molar-refractivity contribution in [1.82, 2.24) is 15.3 Å². The van der Waals surface area contributed by atoms with Crippen LogP contribution < -0.4 is 5.32 Å². The van der Waals surface area contributed by atoms with Crippen molar-refractivity contribution >= 4 is 0 Å². The monoisotopic (exact) mass is 199 g/mol. The summed E-state index contributed by atoms with van der Waals surface area (Å²) >= 11 is 0. The van der Waals surface area contributed by atoms with Crippen molar-refractivity contribution in [2.75, 3.05) is 13.1 Å². The molecule has 0 bridgehead atoms. The minimum Gasteiger partial charge on any atom is -0.342 e. The fourth-order valence-electron chi connectivity index (χ4n) is 1.79. The van der Waals surface area contributed by atoms with Crippen molar-refractivity contribution in [3.8, 4) is 11.3 Å². The van der Waals surface area contributed by atoms with E-state index in [9.17, 15) is 0 Å². The predicted molar refractivity (Wildman–Crippen MR) is 59.6 cm³/mol. The van der Waals surface area contributed by atoms with Gasteiger partial charge >= 0.3 is 0 Å². The first-order valence-electron chi connectivity index (χ1n) is 5.24. The molecule has 1 aromatic carbocycles. The van der Waals surface area contributed by atoms with E-state index in [-0.39, 0.29) is 0 Å². The summed E-state index contributed by atoms with van der Waals surface area (Å²) in [5, 5.41) is 3.25. The first-order valence-corrected chi connectivity index (χ1v) is 5.24. The van der Waals surface area contributed by atoms with E-state index in [0.717, 1.165) is 24.6 Å². The molecule has 0 spiro atoms. The summed E-state index contributed by atoms with van der Waals surface area (Å²) in [6, 6.07) is 10.3. The molecule has 2 N–H and O–H groups in total. The standard InChI is InChI=1S/C12H13N3/c1-2-4-9(5-3-1)11-8-14-12(15-11)10-6-13-7-10/h1-5,8,10,13H,6-7H2,(H,14,15). The van der Waals surface area contributed by atoms with Gasteiger partial charge in [-0.1, -0.05) is 30.3 Å². The molecule has 76 valence electrons. The van der Waals surface area contributed by atoms with E-state index in [1.807, 2.05) is 24.4 Å². The highest BCUT2D eigenvalue weighted by Gasteiger charge is 2.21. The largest absolute Gasteiger partial charge is 0.342 e. The summed E-state index contributed by atoms with van der Waals surface area (Å²) in [5.74, 6) is 1.68. The maximum absolute atomic E-state index is 4.42. The van der Waals surface area contributed by atoms with Crippen LogP contribution in [0, 0.1) is 0 Å². The Labute approximate surface area is 88.6 Å². The Hall–Kier alpha value is -1.61. The maximum Gasteiger partial charge on any atom is 0.112 e. The van der Waals surface area contributed by atoms with E-state index in [2.05, 4.69) is 27.4 Å². The molecule has 0 amide bonds. The van der Waals surface area contributed by atoms with Gasteiger partial charge in [-0.15, -0.1) is 0 Å². The molecule has 1 aromatic heterocycles. The van der Waals surface area contributed by atoms with E-state index in [1.54, 1.807) is 0 Å². The van der Waals surface area contributed by atoms with Crippen molar-refractivity contribution in [3.05, 3.63) is 42.4 Å². The van der Waals surface area contributed by atoms with Crippen LogP contribution in [0.25, 0.3) is 11.3 Å². The van der Waals surface area contributed by atoms with Gasteiger partial charge in [0, 0.05) is 19.0 Å². The topological polar surface area (TPSA) is 40.7 Å². The number of hydrogen-bond donors (Lipinski definition) is 2. The lowest BCUT2D eigenvalue weighted by molar-refractivity contribution is 0.433. The van der Waals surface area contributed by atoms with Crippen molar-refractivity contribution in [3.63, 3.8) is 0 Å². The summed E-state index contributed by atoms with van der Waals surface area (Å²) in [5.41, 5.74) is 2.31. The lowest BCUT2D eigenvalue weighted by Gasteiger charge is -2.24.